The Morgan fingerprint density at radius 3 is 2.56 bits per heavy atom. The van der Waals surface area contributed by atoms with Gasteiger partial charge in [0.05, 0.1) is 0 Å². The minimum atomic E-state index is -0.217. The Kier molecular flexibility index (Phi) is 4.00. The van der Waals surface area contributed by atoms with E-state index < -0.39 is 0 Å². The van der Waals surface area contributed by atoms with Crippen LogP contribution in [-0.4, -0.2) is 9.55 Å². The first kappa shape index (κ1) is 13.1. The first-order valence-corrected chi connectivity index (χ1v) is 6.66. The quantitative estimate of drug-likeness (QED) is 0.794. The number of halogens is 1. The summed E-state index contributed by atoms with van der Waals surface area (Å²) in [5.74, 6) is 0.717. The van der Waals surface area contributed by atoms with Gasteiger partial charge in [-0.25, -0.2) is 4.98 Å². The maximum absolute atomic E-state index is 12.1. The smallest absolute Gasteiger partial charge is 0.313 e. The molecule has 1 aromatic heterocycles. The third kappa shape index (κ3) is 2.90. The van der Waals surface area contributed by atoms with E-state index in [1.165, 1.54) is 0 Å². The van der Waals surface area contributed by atoms with Crippen LogP contribution in [0.25, 0.3) is 0 Å². The van der Waals surface area contributed by atoms with E-state index >= 15 is 0 Å². The molecule has 0 aliphatic heterocycles. The van der Waals surface area contributed by atoms with Crippen molar-refractivity contribution in [3.05, 3.63) is 50.6 Å². The third-order valence-electron chi connectivity index (χ3n) is 2.42. The molecule has 5 heteroatoms. The Morgan fingerprint density at radius 2 is 1.94 bits per heavy atom. The second-order valence-corrected chi connectivity index (χ2v) is 5.34. The summed E-state index contributed by atoms with van der Waals surface area (Å²) >= 11 is 2.21. The molecule has 0 bridgehead atoms. The summed E-state index contributed by atoms with van der Waals surface area (Å²) < 4.78 is 8.21. The number of rotatable bonds is 3. The largest absolute Gasteiger partial charge is 0.435 e. The van der Waals surface area contributed by atoms with Gasteiger partial charge in [0.15, 0.2) is 0 Å². The molecule has 1 heterocycles. The summed E-state index contributed by atoms with van der Waals surface area (Å²) in [7, 11) is 0. The molecular weight excluding hydrogens is 343 g/mol. The maximum Gasteiger partial charge on any atom is 0.313 e. The van der Waals surface area contributed by atoms with E-state index in [2.05, 4.69) is 27.6 Å². The summed E-state index contributed by atoms with van der Waals surface area (Å²) in [6, 6.07) is 7.55. The van der Waals surface area contributed by atoms with Gasteiger partial charge in [-0.15, -0.1) is 0 Å². The highest BCUT2D eigenvalue weighted by Crippen LogP contribution is 2.18. The molecule has 0 radical (unpaired) electrons. The lowest BCUT2D eigenvalue weighted by Crippen LogP contribution is -2.23. The molecule has 2 rings (SSSR count). The van der Waals surface area contributed by atoms with E-state index in [0.29, 0.717) is 5.75 Å². The second-order valence-electron chi connectivity index (χ2n) is 4.09. The Hall–Kier alpha value is -1.37. The van der Waals surface area contributed by atoms with Gasteiger partial charge in [-0.05, 0) is 60.7 Å². The number of hydrogen-bond acceptors (Lipinski definition) is 3. The Balaban J connectivity index is 2.32. The fourth-order valence-corrected chi connectivity index (χ4v) is 1.86. The van der Waals surface area contributed by atoms with E-state index in [1.54, 1.807) is 17.0 Å². The van der Waals surface area contributed by atoms with Crippen LogP contribution in [0.4, 0.5) is 0 Å². The van der Waals surface area contributed by atoms with Crippen molar-refractivity contribution in [2.24, 2.45) is 0 Å². The highest BCUT2D eigenvalue weighted by molar-refractivity contribution is 14.1. The summed E-state index contributed by atoms with van der Waals surface area (Å²) in [5.41, 5.74) is -0.217. The summed E-state index contributed by atoms with van der Waals surface area (Å²) in [4.78, 5) is 16.0. The van der Waals surface area contributed by atoms with Gasteiger partial charge in [-0.3, -0.25) is 4.79 Å². The lowest BCUT2D eigenvalue weighted by Gasteiger charge is -2.10. The Bertz CT molecular complexity index is 591. The van der Waals surface area contributed by atoms with Crippen LogP contribution in [0, 0.1) is 3.57 Å². The first-order valence-electron chi connectivity index (χ1n) is 5.58. The average molecular weight is 356 g/mol. The van der Waals surface area contributed by atoms with Crippen molar-refractivity contribution in [1.82, 2.24) is 9.55 Å². The molecule has 1 aromatic carbocycles. The Morgan fingerprint density at radius 1 is 1.28 bits per heavy atom. The zero-order chi connectivity index (χ0) is 13.1. The molecule has 2 aromatic rings. The number of benzene rings is 1. The molecule has 0 aliphatic carbocycles. The highest BCUT2D eigenvalue weighted by Gasteiger charge is 2.09. The van der Waals surface area contributed by atoms with Gasteiger partial charge in [-0.1, -0.05) is 0 Å². The fraction of sp³-hybridized carbons (Fsp3) is 0.231. The van der Waals surface area contributed by atoms with Gasteiger partial charge >= 0.3 is 5.56 Å². The predicted octanol–water partition coefficient (Wildman–Crippen LogP) is 3.22. The van der Waals surface area contributed by atoms with Crippen molar-refractivity contribution in [3.63, 3.8) is 0 Å². The standard InChI is InChI=1S/C13H13IN2O2/c1-9(2)16-8-7-15-12(13(16)17)18-11-5-3-10(14)4-6-11/h3-9H,1-2H3. The van der Waals surface area contributed by atoms with Crippen LogP contribution in [0.5, 0.6) is 11.6 Å². The molecule has 94 valence electrons. The van der Waals surface area contributed by atoms with Crippen molar-refractivity contribution in [1.29, 1.82) is 0 Å². The molecule has 0 unspecified atom stereocenters. The van der Waals surface area contributed by atoms with Crippen LogP contribution >= 0.6 is 22.6 Å². The van der Waals surface area contributed by atoms with Gasteiger partial charge in [0.2, 0.25) is 0 Å². The van der Waals surface area contributed by atoms with Crippen LogP contribution in [0.3, 0.4) is 0 Å². The number of nitrogens with zero attached hydrogens (tertiary/aromatic N) is 2. The molecule has 0 N–H and O–H groups in total. The predicted molar refractivity (Wildman–Crippen MR) is 78.1 cm³/mol. The topological polar surface area (TPSA) is 44.1 Å². The van der Waals surface area contributed by atoms with Crippen molar-refractivity contribution < 1.29 is 4.74 Å². The molecule has 0 atom stereocenters. The summed E-state index contributed by atoms with van der Waals surface area (Å²) in [6.07, 6.45) is 3.23. The van der Waals surface area contributed by atoms with E-state index in [0.717, 1.165) is 3.57 Å². The summed E-state index contributed by atoms with van der Waals surface area (Å²) in [5, 5.41) is 0. The maximum atomic E-state index is 12.1. The van der Waals surface area contributed by atoms with Gasteiger partial charge in [-0.2, -0.15) is 0 Å². The van der Waals surface area contributed by atoms with Crippen LogP contribution in [0.1, 0.15) is 19.9 Å². The van der Waals surface area contributed by atoms with E-state index in [-0.39, 0.29) is 17.5 Å². The monoisotopic (exact) mass is 356 g/mol. The van der Waals surface area contributed by atoms with Crippen molar-refractivity contribution in [2.45, 2.75) is 19.9 Å². The molecule has 18 heavy (non-hydrogen) atoms. The molecule has 0 spiro atoms. The normalized spacial score (nSPS) is 10.7. The van der Waals surface area contributed by atoms with Gasteiger partial charge < -0.3 is 9.30 Å². The lowest BCUT2D eigenvalue weighted by molar-refractivity contribution is 0.437. The minimum Gasteiger partial charge on any atom is -0.435 e. The Labute approximate surface area is 119 Å². The number of hydrogen-bond donors (Lipinski definition) is 0. The molecule has 0 fully saturated rings. The molecule has 0 aliphatic rings. The minimum absolute atomic E-state index is 0.0829. The highest BCUT2D eigenvalue weighted by atomic mass is 127. The number of ether oxygens (including phenoxy) is 1. The zero-order valence-corrected chi connectivity index (χ0v) is 12.3. The average Bonchev–Trinajstić information content (AvgIpc) is 2.34. The van der Waals surface area contributed by atoms with Crippen molar-refractivity contribution in [2.75, 3.05) is 0 Å². The zero-order valence-electron chi connectivity index (χ0n) is 10.1. The molecule has 0 amide bonds. The number of aromatic nitrogens is 2. The third-order valence-corrected chi connectivity index (χ3v) is 3.14. The fourth-order valence-electron chi connectivity index (χ4n) is 1.50. The van der Waals surface area contributed by atoms with Crippen LogP contribution in [0.2, 0.25) is 0 Å². The molecule has 4 nitrogen and oxygen atoms in total. The van der Waals surface area contributed by atoms with E-state index in [1.807, 2.05) is 38.1 Å². The SMILES string of the molecule is CC(C)n1ccnc(Oc2ccc(I)cc2)c1=O. The summed E-state index contributed by atoms with van der Waals surface area (Å²) in [6.45, 7) is 3.88. The molecule has 0 saturated carbocycles. The van der Waals surface area contributed by atoms with Crippen molar-refractivity contribution >= 4 is 22.6 Å². The van der Waals surface area contributed by atoms with Crippen LogP contribution < -0.4 is 10.3 Å². The van der Waals surface area contributed by atoms with Crippen LogP contribution in [-0.2, 0) is 0 Å². The van der Waals surface area contributed by atoms with E-state index in [9.17, 15) is 4.79 Å². The van der Waals surface area contributed by atoms with E-state index in [4.69, 9.17) is 4.74 Å². The lowest BCUT2D eigenvalue weighted by atomic mass is 10.3. The van der Waals surface area contributed by atoms with Crippen LogP contribution in [0.15, 0.2) is 41.5 Å². The molecule has 0 saturated heterocycles. The van der Waals surface area contributed by atoms with Gasteiger partial charge in [0.25, 0.3) is 5.88 Å². The molecular formula is C13H13IN2O2. The first-order chi connectivity index (χ1) is 8.58. The van der Waals surface area contributed by atoms with Gasteiger partial charge in [0, 0.05) is 22.0 Å². The van der Waals surface area contributed by atoms with Crippen molar-refractivity contribution in [3.8, 4) is 11.6 Å². The van der Waals surface area contributed by atoms with Gasteiger partial charge in [0.1, 0.15) is 5.75 Å². The second kappa shape index (κ2) is 5.51.